The Labute approximate surface area is 122 Å². The summed E-state index contributed by atoms with van der Waals surface area (Å²) in [7, 11) is 6.36. The van der Waals surface area contributed by atoms with E-state index >= 15 is 0 Å². The molecule has 0 bridgehead atoms. The second kappa shape index (κ2) is 5.50. The molecule has 2 rings (SSSR count). The van der Waals surface area contributed by atoms with E-state index in [4.69, 9.17) is 31.5 Å². The van der Waals surface area contributed by atoms with Crippen LogP contribution in [0, 0.1) is 0 Å². The average Bonchev–Trinajstić information content (AvgIpc) is 2.77. The molecule has 108 valence electrons. The molecule has 1 aromatic carbocycles. The third-order valence-corrected chi connectivity index (χ3v) is 3.32. The number of nitrogens with two attached hydrogens (primary N) is 1. The number of methoxy groups -OCH3 is 3. The standard InChI is InChI=1S/C13H16ClN3O3/c1-17-13(15)7(6-16-17)10-11(19-3)8(14)5-9(18-2)12(10)20-4/h5-6H,15H2,1-4H3. The van der Waals surface area contributed by atoms with Crippen molar-refractivity contribution in [3.63, 3.8) is 0 Å². The SMILES string of the molecule is COc1cc(Cl)c(OC)c(-c2cnn(C)c2N)c1OC. The maximum Gasteiger partial charge on any atom is 0.172 e. The molecule has 7 heteroatoms. The molecule has 2 N–H and O–H groups in total. The van der Waals surface area contributed by atoms with Crippen molar-refractivity contribution in [2.24, 2.45) is 7.05 Å². The number of aryl methyl sites for hydroxylation is 1. The van der Waals surface area contributed by atoms with Gasteiger partial charge in [0.1, 0.15) is 11.6 Å². The van der Waals surface area contributed by atoms with Crippen LogP contribution in [-0.2, 0) is 7.05 Å². The van der Waals surface area contributed by atoms with Crippen molar-refractivity contribution in [3.8, 4) is 28.4 Å². The van der Waals surface area contributed by atoms with Gasteiger partial charge in [-0.1, -0.05) is 11.6 Å². The zero-order valence-corrected chi connectivity index (χ0v) is 12.5. The minimum Gasteiger partial charge on any atom is -0.494 e. The Kier molecular flexibility index (Phi) is 3.94. The van der Waals surface area contributed by atoms with Gasteiger partial charge >= 0.3 is 0 Å². The zero-order valence-electron chi connectivity index (χ0n) is 11.7. The number of anilines is 1. The van der Waals surface area contributed by atoms with Gasteiger partial charge in [-0.05, 0) is 0 Å². The predicted octanol–water partition coefficient (Wildman–Crippen LogP) is 2.35. The van der Waals surface area contributed by atoms with Crippen LogP contribution in [0.15, 0.2) is 12.3 Å². The Bertz CT molecular complexity index is 640. The summed E-state index contributed by atoms with van der Waals surface area (Å²) in [5, 5.41) is 4.53. The molecule has 1 aromatic heterocycles. The number of nitrogen functional groups attached to an aromatic ring is 1. The van der Waals surface area contributed by atoms with E-state index in [0.717, 1.165) is 0 Å². The van der Waals surface area contributed by atoms with E-state index in [1.807, 2.05) is 0 Å². The molecule has 20 heavy (non-hydrogen) atoms. The first kappa shape index (κ1) is 14.3. The van der Waals surface area contributed by atoms with Gasteiger partial charge in [0, 0.05) is 13.1 Å². The molecule has 1 heterocycles. The summed E-state index contributed by atoms with van der Waals surface area (Å²) in [4.78, 5) is 0. The van der Waals surface area contributed by atoms with Crippen LogP contribution in [0.5, 0.6) is 17.2 Å². The summed E-state index contributed by atoms with van der Waals surface area (Å²) in [5.41, 5.74) is 7.31. The van der Waals surface area contributed by atoms with Crippen LogP contribution in [0.3, 0.4) is 0 Å². The van der Waals surface area contributed by atoms with Gasteiger partial charge in [-0.2, -0.15) is 5.10 Å². The summed E-state index contributed by atoms with van der Waals surface area (Å²) in [6, 6.07) is 1.63. The predicted molar refractivity (Wildman–Crippen MR) is 77.7 cm³/mol. The van der Waals surface area contributed by atoms with E-state index in [0.29, 0.717) is 39.2 Å². The van der Waals surface area contributed by atoms with E-state index < -0.39 is 0 Å². The maximum atomic E-state index is 6.22. The summed E-state index contributed by atoms with van der Waals surface area (Å²) < 4.78 is 17.7. The number of halogens is 1. The lowest BCUT2D eigenvalue weighted by Crippen LogP contribution is -2.01. The second-order valence-electron chi connectivity index (χ2n) is 4.07. The van der Waals surface area contributed by atoms with Crippen molar-refractivity contribution in [3.05, 3.63) is 17.3 Å². The van der Waals surface area contributed by atoms with Gasteiger partial charge in [-0.15, -0.1) is 0 Å². The van der Waals surface area contributed by atoms with Crippen molar-refractivity contribution < 1.29 is 14.2 Å². The van der Waals surface area contributed by atoms with Gasteiger partial charge in [-0.3, -0.25) is 4.68 Å². The van der Waals surface area contributed by atoms with E-state index in [-0.39, 0.29) is 0 Å². The van der Waals surface area contributed by atoms with Gasteiger partial charge in [0.15, 0.2) is 11.5 Å². The fourth-order valence-corrected chi connectivity index (χ4v) is 2.30. The van der Waals surface area contributed by atoms with Gasteiger partial charge in [0.05, 0.1) is 43.7 Å². The quantitative estimate of drug-likeness (QED) is 0.938. The highest BCUT2D eigenvalue weighted by atomic mass is 35.5. The van der Waals surface area contributed by atoms with Crippen LogP contribution in [-0.4, -0.2) is 31.1 Å². The summed E-state index contributed by atoms with van der Waals surface area (Å²) in [6.45, 7) is 0. The number of aromatic nitrogens is 2. The third kappa shape index (κ3) is 2.12. The van der Waals surface area contributed by atoms with Crippen molar-refractivity contribution in [2.75, 3.05) is 27.1 Å². The van der Waals surface area contributed by atoms with E-state index in [9.17, 15) is 0 Å². The maximum absolute atomic E-state index is 6.22. The lowest BCUT2D eigenvalue weighted by atomic mass is 10.1. The van der Waals surface area contributed by atoms with Gasteiger partial charge in [0.25, 0.3) is 0 Å². The summed E-state index contributed by atoms with van der Waals surface area (Å²) >= 11 is 6.22. The molecule has 0 unspecified atom stereocenters. The molecule has 0 aliphatic rings. The molecular weight excluding hydrogens is 282 g/mol. The fourth-order valence-electron chi connectivity index (χ4n) is 2.03. The molecule has 0 radical (unpaired) electrons. The fraction of sp³-hybridized carbons (Fsp3) is 0.308. The molecule has 0 fully saturated rings. The van der Waals surface area contributed by atoms with Crippen LogP contribution in [0.2, 0.25) is 5.02 Å². The molecule has 2 aromatic rings. The summed E-state index contributed by atoms with van der Waals surface area (Å²) in [5.74, 6) is 1.93. The number of hydrogen-bond donors (Lipinski definition) is 1. The van der Waals surface area contributed by atoms with Gasteiger partial charge in [-0.25, -0.2) is 0 Å². The number of ether oxygens (including phenoxy) is 3. The highest BCUT2D eigenvalue weighted by Crippen LogP contribution is 2.49. The number of rotatable bonds is 4. The van der Waals surface area contributed by atoms with Crippen LogP contribution in [0.1, 0.15) is 0 Å². The molecule has 0 aliphatic carbocycles. The Balaban J connectivity index is 2.84. The third-order valence-electron chi connectivity index (χ3n) is 3.03. The van der Waals surface area contributed by atoms with Crippen LogP contribution in [0.25, 0.3) is 11.1 Å². The molecule has 0 atom stereocenters. The number of hydrogen-bond acceptors (Lipinski definition) is 5. The Morgan fingerprint density at radius 2 is 1.80 bits per heavy atom. The monoisotopic (exact) mass is 297 g/mol. The van der Waals surface area contributed by atoms with E-state index in [1.165, 1.54) is 14.2 Å². The second-order valence-corrected chi connectivity index (χ2v) is 4.48. The smallest absolute Gasteiger partial charge is 0.172 e. The first-order valence-electron chi connectivity index (χ1n) is 5.81. The molecular formula is C13H16ClN3O3. The normalized spacial score (nSPS) is 10.4. The molecule has 0 spiro atoms. The first-order valence-corrected chi connectivity index (χ1v) is 6.19. The largest absolute Gasteiger partial charge is 0.494 e. The number of benzene rings is 1. The first-order chi connectivity index (χ1) is 9.54. The van der Waals surface area contributed by atoms with Crippen molar-refractivity contribution in [2.45, 2.75) is 0 Å². The highest BCUT2D eigenvalue weighted by molar-refractivity contribution is 6.33. The Morgan fingerprint density at radius 3 is 2.25 bits per heavy atom. The molecule has 6 nitrogen and oxygen atoms in total. The molecule has 0 saturated heterocycles. The molecule has 0 amide bonds. The number of nitrogens with zero attached hydrogens (tertiary/aromatic N) is 2. The Morgan fingerprint density at radius 1 is 1.15 bits per heavy atom. The van der Waals surface area contributed by atoms with E-state index in [1.54, 1.807) is 31.1 Å². The zero-order chi connectivity index (χ0) is 14.9. The van der Waals surface area contributed by atoms with Crippen LogP contribution in [0.4, 0.5) is 5.82 Å². The molecule has 0 saturated carbocycles. The lowest BCUT2D eigenvalue weighted by molar-refractivity contribution is 0.351. The van der Waals surface area contributed by atoms with Crippen molar-refractivity contribution in [1.82, 2.24) is 9.78 Å². The van der Waals surface area contributed by atoms with Crippen LogP contribution < -0.4 is 19.9 Å². The van der Waals surface area contributed by atoms with Gasteiger partial charge in [0.2, 0.25) is 0 Å². The minimum absolute atomic E-state index is 0.406. The molecule has 0 aliphatic heterocycles. The van der Waals surface area contributed by atoms with Crippen molar-refractivity contribution >= 4 is 17.4 Å². The van der Waals surface area contributed by atoms with E-state index in [2.05, 4.69) is 5.10 Å². The average molecular weight is 298 g/mol. The Hall–Kier alpha value is -2.08. The summed E-state index contributed by atoms with van der Waals surface area (Å²) in [6.07, 6.45) is 1.63. The van der Waals surface area contributed by atoms with Crippen LogP contribution >= 0.6 is 11.6 Å². The lowest BCUT2D eigenvalue weighted by Gasteiger charge is -2.17. The van der Waals surface area contributed by atoms with Crippen molar-refractivity contribution in [1.29, 1.82) is 0 Å². The topological polar surface area (TPSA) is 71.5 Å². The highest BCUT2D eigenvalue weighted by Gasteiger charge is 2.24. The minimum atomic E-state index is 0.406. The van der Waals surface area contributed by atoms with Gasteiger partial charge < -0.3 is 19.9 Å².